The summed E-state index contributed by atoms with van der Waals surface area (Å²) in [4.78, 5) is 11.9. The molecule has 0 unspecified atom stereocenters. The quantitative estimate of drug-likeness (QED) is 0.628. The summed E-state index contributed by atoms with van der Waals surface area (Å²) in [5, 5.41) is 4.16. The van der Waals surface area contributed by atoms with Crippen LogP contribution in [0.4, 0.5) is 0 Å². The molecule has 0 fully saturated rings. The van der Waals surface area contributed by atoms with E-state index in [1.54, 1.807) is 0 Å². The Morgan fingerprint density at radius 3 is 2.43 bits per heavy atom. The van der Waals surface area contributed by atoms with Gasteiger partial charge in [0.05, 0.1) is 18.7 Å². The van der Waals surface area contributed by atoms with Gasteiger partial charge in [-0.2, -0.15) is 5.10 Å². The minimum Gasteiger partial charge on any atom is -0.494 e. The van der Waals surface area contributed by atoms with Crippen LogP contribution in [0.2, 0.25) is 0 Å². The van der Waals surface area contributed by atoms with Gasteiger partial charge < -0.3 is 4.74 Å². The van der Waals surface area contributed by atoms with Crippen LogP contribution in [0.3, 0.4) is 0 Å². The molecule has 0 aliphatic heterocycles. The van der Waals surface area contributed by atoms with Crippen molar-refractivity contribution in [2.24, 2.45) is 5.10 Å². The van der Waals surface area contributed by atoms with Crippen molar-refractivity contribution in [3.8, 4) is 5.75 Å². The lowest BCUT2D eigenvalue weighted by molar-refractivity contribution is -0.120. The summed E-state index contributed by atoms with van der Waals surface area (Å²) in [6.07, 6.45) is 1.30. The van der Waals surface area contributed by atoms with Crippen LogP contribution in [0.25, 0.3) is 0 Å². The molecule has 0 aromatic heterocycles. The van der Waals surface area contributed by atoms with E-state index in [9.17, 15) is 4.79 Å². The molecule has 4 heteroatoms. The molecule has 0 bridgehead atoms. The van der Waals surface area contributed by atoms with E-state index in [1.807, 2.05) is 61.5 Å². The van der Waals surface area contributed by atoms with Crippen molar-refractivity contribution in [3.05, 3.63) is 65.7 Å². The van der Waals surface area contributed by atoms with Gasteiger partial charge in [0.25, 0.3) is 0 Å². The van der Waals surface area contributed by atoms with Gasteiger partial charge in [-0.15, -0.1) is 0 Å². The Bertz CT molecular complexity index is 649. The molecular weight excluding hydrogens is 288 g/mol. The molecule has 0 aliphatic carbocycles. The summed E-state index contributed by atoms with van der Waals surface area (Å²) >= 11 is 0. The maximum atomic E-state index is 11.9. The van der Waals surface area contributed by atoms with Gasteiger partial charge in [0.15, 0.2) is 0 Å². The molecule has 120 valence electrons. The summed E-state index contributed by atoms with van der Waals surface area (Å²) in [6.45, 7) is 4.65. The Balaban J connectivity index is 1.90. The molecule has 4 nitrogen and oxygen atoms in total. The number of hydrogen-bond donors (Lipinski definition) is 1. The highest BCUT2D eigenvalue weighted by Crippen LogP contribution is 2.13. The highest BCUT2D eigenvalue weighted by atomic mass is 16.5. The molecular formula is C19H22N2O2. The fraction of sp³-hybridized carbons (Fsp3) is 0.263. The third-order valence-corrected chi connectivity index (χ3v) is 3.30. The van der Waals surface area contributed by atoms with Crippen LogP contribution in [0.15, 0.2) is 59.7 Å². The van der Waals surface area contributed by atoms with Crippen molar-refractivity contribution >= 4 is 11.6 Å². The Hall–Kier alpha value is -2.62. The second-order valence-electron chi connectivity index (χ2n) is 5.27. The molecule has 0 saturated carbocycles. The Kier molecular flexibility index (Phi) is 6.36. The van der Waals surface area contributed by atoms with E-state index in [1.165, 1.54) is 0 Å². The van der Waals surface area contributed by atoms with E-state index in [2.05, 4.69) is 17.5 Å². The molecule has 0 aliphatic rings. The highest BCUT2D eigenvalue weighted by Gasteiger charge is 2.03. The SMILES string of the molecule is CCCOc1ccc(/C(C)=N/NC(=O)Cc2ccccc2)cc1. The van der Waals surface area contributed by atoms with E-state index < -0.39 is 0 Å². The summed E-state index contributed by atoms with van der Waals surface area (Å²) < 4.78 is 5.54. The molecule has 1 N–H and O–H groups in total. The zero-order valence-electron chi connectivity index (χ0n) is 13.6. The van der Waals surface area contributed by atoms with Gasteiger partial charge in [0.1, 0.15) is 5.75 Å². The summed E-state index contributed by atoms with van der Waals surface area (Å²) in [5.41, 5.74) is 5.27. The van der Waals surface area contributed by atoms with Crippen molar-refractivity contribution in [3.63, 3.8) is 0 Å². The predicted molar refractivity (Wildman–Crippen MR) is 92.7 cm³/mol. The monoisotopic (exact) mass is 310 g/mol. The molecule has 2 aromatic carbocycles. The Labute approximate surface area is 137 Å². The molecule has 0 atom stereocenters. The number of carbonyl (C=O) groups excluding carboxylic acids is 1. The summed E-state index contributed by atoms with van der Waals surface area (Å²) in [5.74, 6) is 0.718. The van der Waals surface area contributed by atoms with Crippen LogP contribution in [-0.2, 0) is 11.2 Å². The zero-order chi connectivity index (χ0) is 16.5. The van der Waals surface area contributed by atoms with Gasteiger partial charge in [-0.1, -0.05) is 37.3 Å². The maximum Gasteiger partial charge on any atom is 0.244 e. The molecule has 0 heterocycles. The fourth-order valence-corrected chi connectivity index (χ4v) is 2.04. The number of hydrogen-bond acceptors (Lipinski definition) is 3. The molecule has 1 amide bonds. The largest absolute Gasteiger partial charge is 0.494 e. The third kappa shape index (κ3) is 5.58. The number of hydrazone groups is 1. The number of benzene rings is 2. The van der Waals surface area contributed by atoms with Gasteiger partial charge in [-0.05, 0) is 48.7 Å². The summed E-state index contributed by atoms with van der Waals surface area (Å²) in [7, 11) is 0. The number of ether oxygens (including phenoxy) is 1. The van der Waals surface area contributed by atoms with Crippen molar-refractivity contribution in [1.29, 1.82) is 0 Å². The minimum atomic E-state index is -0.126. The van der Waals surface area contributed by atoms with Crippen molar-refractivity contribution in [1.82, 2.24) is 5.43 Å². The van der Waals surface area contributed by atoms with E-state index in [0.717, 1.165) is 29.0 Å². The first-order chi connectivity index (χ1) is 11.2. The number of nitrogens with zero attached hydrogens (tertiary/aromatic N) is 1. The van der Waals surface area contributed by atoms with E-state index >= 15 is 0 Å². The molecule has 0 spiro atoms. The topological polar surface area (TPSA) is 50.7 Å². The lowest BCUT2D eigenvalue weighted by Gasteiger charge is -2.06. The van der Waals surface area contributed by atoms with Crippen LogP contribution in [0.5, 0.6) is 5.75 Å². The van der Waals surface area contributed by atoms with E-state index in [0.29, 0.717) is 13.0 Å². The maximum absolute atomic E-state index is 11.9. The lowest BCUT2D eigenvalue weighted by atomic mass is 10.1. The normalized spacial score (nSPS) is 11.1. The van der Waals surface area contributed by atoms with E-state index in [-0.39, 0.29) is 5.91 Å². The highest BCUT2D eigenvalue weighted by molar-refractivity contribution is 5.99. The molecule has 2 rings (SSSR count). The van der Waals surface area contributed by atoms with Crippen molar-refractivity contribution in [2.45, 2.75) is 26.7 Å². The van der Waals surface area contributed by atoms with Crippen molar-refractivity contribution in [2.75, 3.05) is 6.61 Å². The van der Waals surface area contributed by atoms with Gasteiger partial charge in [0, 0.05) is 0 Å². The zero-order valence-corrected chi connectivity index (χ0v) is 13.6. The Morgan fingerprint density at radius 1 is 1.09 bits per heavy atom. The predicted octanol–water partition coefficient (Wildman–Crippen LogP) is 3.56. The van der Waals surface area contributed by atoms with Gasteiger partial charge in [-0.3, -0.25) is 4.79 Å². The number of rotatable bonds is 7. The molecule has 0 radical (unpaired) electrons. The molecule has 23 heavy (non-hydrogen) atoms. The fourth-order valence-electron chi connectivity index (χ4n) is 2.04. The number of carbonyl (C=O) groups is 1. The summed E-state index contributed by atoms with van der Waals surface area (Å²) in [6, 6.07) is 17.3. The third-order valence-electron chi connectivity index (χ3n) is 3.30. The van der Waals surface area contributed by atoms with Crippen LogP contribution in [0.1, 0.15) is 31.4 Å². The first kappa shape index (κ1) is 16.7. The van der Waals surface area contributed by atoms with Crippen molar-refractivity contribution < 1.29 is 9.53 Å². The smallest absolute Gasteiger partial charge is 0.244 e. The minimum absolute atomic E-state index is 0.126. The van der Waals surface area contributed by atoms with Crippen LogP contribution < -0.4 is 10.2 Å². The first-order valence-corrected chi connectivity index (χ1v) is 7.79. The first-order valence-electron chi connectivity index (χ1n) is 7.79. The van der Waals surface area contributed by atoms with Crippen LogP contribution in [-0.4, -0.2) is 18.2 Å². The van der Waals surface area contributed by atoms with Gasteiger partial charge in [-0.25, -0.2) is 5.43 Å². The second-order valence-corrected chi connectivity index (χ2v) is 5.27. The van der Waals surface area contributed by atoms with Crippen LogP contribution in [0, 0.1) is 0 Å². The molecule has 0 saturated heterocycles. The number of amides is 1. The average molecular weight is 310 g/mol. The van der Waals surface area contributed by atoms with Gasteiger partial charge in [0.2, 0.25) is 5.91 Å². The lowest BCUT2D eigenvalue weighted by Crippen LogP contribution is -2.21. The van der Waals surface area contributed by atoms with Gasteiger partial charge >= 0.3 is 0 Å². The Morgan fingerprint density at radius 2 is 1.78 bits per heavy atom. The standard InChI is InChI=1S/C19H22N2O2/c1-3-13-23-18-11-9-17(10-12-18)15(2)20-21-19(22)14-16-7-5-4-6-8-16/h4-12H,3,13-14H2,1-2H3,(H,21,22)/b20-15+. The number of nitrogens with one attached hydrogen (secondary N) is 1. The second kappa shape index (κ2) is 8.73. The molecule has 2 aromatic rings. The van der Waals surface area contributed by atoms with E-state index in [4.69, 9.17) is 4.74 Å². The average Bonchev–Trinajstić information content (AvgIpc) is 2.59. The van der Waals surface area contributed by atoms with Crippen LogP contribution >= 0.6 is 0 Å².